The largest absolute Gasteiger partial charge is 0.387 e. The maximum atomic E-state index is 5.76. The Morgan fingerprint density at radius 2 is 1.90 bits per heavy atom. The highest BCUT2D eigenvalue weighted by Gasteiger charge is 2.31. The molecule has 0 amide bonds. The van der Waals surface area contributed by atoms with E-state index in [1.54, 1.807) is 7.05 Å². The van der Waals surface area contributed by atoms with Gasteiger partial charge in [0.25, 0.3) is 0 Å². The SMILES string of the molecule is CN=C(N)C1(C)CCCC1. The Morgan fingerprint density at radius 1 is 1.40 bits per heavy atom. The Bertz CT molecular complexity index is 143. The van der Waals surface area contributed by atoms with Gasteiger partial charge in [0.05, 0.1) is 5.84 Å². The van der Waals surface area contributed by atoms with Crippen LogP contribution in [0.2, 0.25) is 0 Å². The molecule has 1 rings (SSSR count). The summed E-state index contributed by atoms with van der Waals surface area (Å²) in [4.78, 5) is 4.04. The van der Waals surface area contributed by atoms with Crippen molar-refractivity contribution in [2.24, 2.45) is 16.1 Å². The van der Waals surface area contributed by atoms with Gasteiger partial charge in [-0.3, -0.25) is 4.99 Å². The van der Waals surface area contributed by atoms with Crippen LogP contribution in [-0.2, 0) is 0 Å². The van der Waals surface area contributed by atoms with Gasteiger partial charge in [0.1, 0.15) is 0 Å². The van der Waals surface area contributed by atoms with E-state index in [0.29, 0.717) is 0 Å². The van der Waals surface area contributed by atoms with Gasteiger partial charge in [0.2, 0.25) is 0 Å². The minimum atomic E-state index is 0.231. The van der Waals surface area contributed by atoms with Crippen molar-refractivity contribution in [2.45, 2.75) is 32.6 Å². The van der Waals surface area contributed by atoms with Crippen molar-refractivity contribution in [3.63, 3.8) is 0 Å². The summed E-state index contributed by atoms with van der Waals surface area (Å²) in [6.07, 6.45) is 5.06. The Kier molecular flexibility index (Phi) is 1.97. The molecule has 2 nitrogen and oxygen atoms in total. The second-order valence-electron chi connectivity index (χ2n) is 3.38. The molecular weight excluding hydrogens is 124 g/mol. The maximum absolute atomic E-state index is 5.76. The van der Waals surface area contributed by atoms with E-state index < -0.39 is 0 Å². The Hall–Kier alpha value is -0.530. The molecule has 0 bridgehead atoms. The lowest BCUT2D eigenvalue weighted by Gasteiger charge is -2.21. The van der Waals surface area contributed by atoms with Crippen molar-refractivity contribution in [1.82, 2.24) is 0 Å². The summed E-state index contributed by atoms with van der Waals surface area (Å²) < 4.78 is 0. The van der Waals surface area contributed by atoms with Crippen molar-refractivity contribution < 1.29 is 0 Å². The van der Waals surface area contributed by atoms with Crippen LogP contribution < -0.4 is 5.73 Å². The number of nitrogens with two attached hydrogens (primary N) is 1. The summed E-state index contributed by atoms with van der Waals surface area (Å²) in [5.74, 6) is 0.838. The van der Waals surface area contributed by atoms with Crippen molar-refractivity contribution in [1.29, 1.82) is 0 Å². The van der Waals surface area contributed by atoms with Crippen LogP contribution >= 0.6 is 0 Å². The van der Waals surface area contributed by atoms with E-state index in [4.69, 9.17) is 5.73 Å². The average molecular weight is 140 g/mol. The predicted molar refractivity (Wildman–Crippen MR) is 44.1 cm³/mol. The van der Waals surface area contributed by atoms with E-state index >= 15 is 0 Å². The number of nitrogens with zero attached hydrogens (tertiary/aromatic N) is 1. The topological polar surface area (TPSA) is 38.4 Å². The first kappa shape index (κ1) is 7.58. The molecule has 1 aliphatic carbocycles. The van der Waals surface area contributed by atoms with E-state index in [0.717, 1.165) is 5.84 Å². The van der Waals surface area contributed by atoms with Gasteiger partial charge in [-0.25, -0.2) is 0 Å². The zero-order chi connectivity index (χ0) is 7.61. The minimum absolute atomic E-state index is 0.231. The van der Waals surface area contributed by atoms with Crippen LogP contribution in [0, 0.1) is 5.41 Å². The molecule has 1 aliphatic rings. The molecule has 0 aromatic heterocycles. The minimum Gasteiger partial charge on any atom is -0.387 e. The fraction of sp³-hybridized carbons (Fsp3) is 0.875. The van der Waals surface area contributed by atoms with Crippen LogP contribution in [0.15, 0.2) is 4.99 Å². The normalized spacial score (nSPS) is 25.2. The van der Waals surface area contributed by atoms with E-state index in [1.165, 1.54) is 25.7 Å². The standard InChI is InChI=1S/C8H16N2/c1-8(7(9)10-2)5-3-4-6-8/h3-6H2,1-2H3,(H2,9,10). The lowest BCUT2D eigenvalue weighted by atomic mass is 9.88. The highest BCUT2D eigenvalue weighted by molar-refractivity contribution is 5.86. The zero-order valence-corrected chi connectivity index (χ0v) is 6.85. The molecule has 0 atom stereocenters. The highest BCUT2D eigenvalue weighted by atomic mass is 14.9. The fourth-order valence-corrected chi connectivity index (χ4v) is 1.68. The molecule has 0 spiro atoms. The van der Waals surface area contributed by atoms with Crippen molar-refractivity contribution in [2.75, 3.05) is 7.05 Å². The first-order chi connectivity index (χ1) is 4.69. The van der Waals surface area contributed by atoms with Crippen molar-refractivity contribution >= 4 is 5.84 Å². The van der Waals surface area contributed by atoms with Gasteiger partial charge in [-0.05, 0) is 12.8 Å². The monoisotopic (exact) mass is 140 g/mol. The van der Waals surface area contributed by atoms with Gasteiger partial charge in [0.15, 0.2) is 0 Å². The predicted octanol–water partition coefficient (Wildman–Crippen LogP) is 1.55. The Morgan fingerprint density at radius 3 is 2.30 bits per heavy atom. The highest BCUT2D eigenvalue weighted by Crippen LogP contribution is 2.37. The summed E-state index contributed by atoms with van der Waals surface area (Å²) in [6.45, 7) is 2.21. The summed E-state index contributed by atoms with van der Waals surface area (Å²) in [5, 5.41) is 0. The number of aliphatic imine (C=N–C) groups is 1. The summed E-state index contributed by atoms with van der Waals surface area (Å²) in [5.41, 5.74) is 5.99. The fourth-order valence-electron chi connectivity index (χ4n) is 1.68. The number of rotatable bonds is 1. The van der Waals surface area contributed by atoms with Crippen LogP contribution in [0.5, 0.6) is 0 Å². The molecule has 58 valence electrons. The second-order valence-corrected chi connectivity index (χ2v) is 3.38. The molecular formula is C8H16N2. The second kappa shape index (κ2) is 2.60. The van der Waals surface area contributed by atoms with Crippen molar-refractivity contribution in [3.05, 3.63) is 0 Å². The molecule has 2 N–H and O–H groups in total. The molecule has 0 aromatic rings. The molecule has 0 aromatic carbocycles. The van der Waals surface area contributed by atoms with Gasteiger partial charge in [0, 0.05) is 12.5 Å². The molecule has 0 unspecified atom stereocenters. The lowest BCUT2D eigenvalue weighted by molar-refractivity contribution is 0.482. The van der Waals surface area contributed by atoms with Crippen LogP contribution in [0.4, 0.5) is 0 Å². The molecule has 0 heterocycles. The third-order valence-corrected chi connectivity index (χ3v) is 2.57. The maximum Gasteiger partial charge on any atom is 0.0993 e. The van der Waals surface area contributed by atoms with Crippen molar-refractivity contribution in [3.8, 4) is 0 Å². The van der Waals surface area contributed by atoms with Gasteiger partial charge in [-0.1, -0.05) is 19.8 Å². The molecule has 1 saturated carbocycles. The molecule has 0 saturated heterocycles. The Balaban J connectivity index is 2.67. The molecule has 2 heteroatoms. The van der Waals surface area contributed by atoms with Gasteiger partial charge >= 0.3 is 0 Å². The van der Waals surface area contributed by atoms with Gasteiger partial charge in [-0.15, -0.1) is 0 Å². The smallest absolute Gasteiger partial charge is 0.0993 e. The quantitative estimate of drug-likeness (QED) is 0.435. The molecule has 0 radical (unpaired) electrons. The number of hydrogen-bond acceptors (Lipinski definition) is 1. The first-order valence-corrected chi connectivity index (χ1v) is 3.92. The average Bonchev–Trinajstić information content (AvgIpc) is 2.36. The molecule has 0 aliphatic heterocycles. The van der Waals surface area contributed by atoms with Gasteiger partial charge in [-0.2, -0.15) is 0 Å². The van der Waals surface area contributed by atoms with E-state index in [9.17, 15) is 0 Å². The van der Waals surface area contributed by atoms with E-state index in [1.807, 2.05) is 0 Å². The molecule has 10 heavy (non-hydrogen) atoms. The summed E-state index contributed by atoms with van der Waals surface area (Å²) >= 11 is 0. The third-order valence-electron chi connectivity index (χ3n) is 2.57. The first-order valence-electron chi connectivity index (χ1n) is 3.92. The molecule has 1 fully saturated rings. The number of hydrogen-bond donors (Lipinski definition) is 1. The van der Waals surface area contributed by atoms with E-state index in [2.05, 4.69) is 11.9 Å². The number of amidine groups is 1. The Labute approximate surface area is 62.5 Å². The third kappa shape index (κ3) is 1.15. The van der Waals surface area contributed by atoms with Gasteiger partial charge < -0.3 is 5.73 Å². The lowest BCUT2D eigenvalue weighted by Crippen LogP contribution is -2.31. The summed E-state index contributed by atoms with van der Waals surface area (Å²) in [6, 6.07) is 0. The zero-order valence-electron chi connectivity index (χ0n) is 6.85. The summed E-state index contributed by atoms with van der Waals surface area (Å²) in [7, 11) is 1.78. The van der Waals surface area contributed by atoms with E-state index in [-0.39, 0.29) is 5.41 Å². The van der Waals surface area contributed by atoms with Crippen LogP contribution in [-0.4, -0.2) is 12.9 Å². The van der Waals surface area contributed by atoms with Crippen LogP contribution in [0.1, 0.15) is 32.6 Å². The van der Waals surface area contributed by atoms with Crippen LogP contribution in [0.3, 0.4) is 0 Å². The van der Waals surface area contributed by atoms with Crippen LogP contribution in [0.25, 0.3) is 0 Å².